The second-order valence-electron chi connectivity index (χ2n) is 6.80. The molecule has 8 nitrogen and oxygen atoms in total. The number of aliphatic hydroxyl groups excluding tert-OH is 1. The third kappa shape index (κ3) is 4.55. The first-order chi connectivity index (χ1) is 13.9. The standard InChI is InChI=1S/C21H22N2O6/c1-12(19(25)23-18(10-24)20(26)27)22-21(28)29-11-14-6-4-8-16-15-7-3-2-5-13(15)9-17(14)16/h2-8,12,18,24H,9-11H2,1H3,(H,22,28)(H,23,25)(H,26,27). The van der Waals surface area contributed by atoms with Crippen LogP contribution in [0.4, 0.5) is 4.79 Å². The summed E-state index contributed by atoms with van der Waals surface area (Å²) in [4.78, 5) is 34.9. The van der Waals surface area contributed by atoms with Crippen molar-refractivity contribution in [3.8, 4) is 11.1 Å². The van der Waals surface area contributed by atoms with E-state index in [-0.39, 0.29) is 6.61 Å². The normalized spacial score (nSPS) is 13.6. The topological polar surface area (TPSA) is 125 Å². The van der Waals surface area contributed by atoms with E-state index in [1.165, 1.54) is 18.1 Å². The summed E-state index contributed by atoms with van der Waals surface area (Å²) in [5.41, 5.74) is 5.52. The van der Waals surface area contributed by atoms with E-state index in [4.69, 9.17) is 14.9 Å². The molecule has 2 aromatic carbocycles. The fraction of sp³-hybridized carbons (Fsp3) is 0.286. The van der Waals surface area contributed by atoms with Crippen LogP contribution in [0.15, 0.2) is 42.5 Å². The summed E-state index contributed by atoms with van der Waals surface area (Å²) in [6.45, 7) is 0.690. The van der Waals surface area contributed by atoms with Crippen molar-refractivity contribution in [1.82, 2.24) is 10.6 Å². The molecule has 0 spiro atoms. The van der Waals surface area contributed by atoms with Crippen LogP contribution in [0.3, 0.4) is 0 Å². The van der Waals surface area contributed by atoms with E-state index in [2.05, 4.69) is 22.8 Å². The Morgan fingerprint density at radius 3 is 2.52 bits per heavy atom. The number of rotatable bonds is 7. The van der Waals surface area contributed by atoms with Crippen molar-refractivity contribution in [3.63, 3.8) is 0 Å². The summed E-state index contributed by atoms with van der Waals surface area (Å²) in [6, 6.07) is 11.5. The van der Waals surface area contributed by atoms with Gasteiger partial charge in [-0.15, -0.1) is 0 Å². The zero-order valence-corrected chi connectivity index (χ0v) is 15.8. The highest BCUT2D eigenvalue weighted by Crippen LogP contribution is 2.38. The van der Waals surface area contributed by atoms with Crippen molar-refractivity contribution in [1.29, 1.82) is 0 Å². The molecule has 3 rings (SSSR count). The molecular formula is C21H22N2O6. The highest BCUT2D eigenvalue weighted by atomic mass is 16.5. The molecular weight excluding hydrogens is 376 g/mol. The third-order valence-electron chi connectivity index (χ3n) is 4.83. The summed E-state index contributed by atoms with van der Waals surface area (Å²) >= 11 is 0. The average Bonchev–Trinajstić information content (AvgIpc) is 3.09. The lowest BCUT2D eigenvalue weighted by Crippen LogP contribution is -2.51. The minimum atomic E-state index is -1.43. The minimum absolute atomic E-state index is 0.0473. The minimum Gasteiger partial charge on any atom is -0.480 e. The molecule has 0 aromatic heterocycles. The van der Waals surface area contributed by atoms with Crippen molar-refractivity contribution < 1.29 is 29.3 Å². The molecule has 0 heterocycles. The maximum Gasteiger partial charge on any atom is 0.408 e. The van der Waals surface area contributed by atoms with Crippen LogP contribution in [-0.4, -0.2) is 46.9 Å². The van der Waals surface area contributed by atoms with Crippen LogP contribution in [0.25, 0.3) is 11.1 Å². The number of carbonyl (C=O) groups is 3. The summed E-state index contributed by atoms with van der Waals surface area (Å²) in [5.74, 6) is -2.10. The molecule has 2 aromatic rings. The largest absolute Gasteiger partial charge is 0.480 e. The van der Waals surface area contributed by atoms with Crippen molar-refractivity contribution in [3.05, 3.63) is 59.2 Å². The monoisotopic (exact) mass is 398 g/mol. The van der Waals surface area contributed by atoms with Crippen LogP contribution < -0.4 is 10.6 Å². The van der Waals surface area contributed by atoms with Gasteiger partial charge in [0.25, 0.3) is 0 Å². The molecule has 0 radical (unpaired) electrons. The summed E-state index contributed by atoms with van der Waals surface area (Å²) < 4.78 is 5.26. The number of alkyl carbamates (subject to hydrolysis) is 1. The van der Waals surface area contributed by atoms with Crippen LogP contribution in [0.5, 0.6) is 0 Å². The Morgan fingerprint density at radius 2 is 1.79 bits per heavy atom. The van der Waals surface area contributed by atoms with E-state index < -0.39 is 36.7 Å². The third-order valence-corrected chi connectivity index (χ3v) is 4.83. The number of fused-ring (bicyclic) bond motifs is 3. The number of aliphatic carboxylic acids is 1. The lowest BCUT2D eigenvalue weighted by Gasteiger charge is -2.17. The van der Waals surface area contributed by atoms with Gasteiger partial charge in [0.1, 0.15) is 18.7 Å². The number of hydrogen-bond acceptors (Lipinski definition) is 5. The Balaban J connectivity index is 1.57. The first-order valence-electron chi connectivity index (χ1n) is 9.17. The Labute approximate surface area is 167 Å². The van der Waals surface area contributed by atoms with Crippen molar-refractivity contribution in [2.75, 3.05) is 6.61 Å². The fourth-order valence-corrected chi connectivity index (χ4v) is 3.27. The SMILES string of the molecule is CC(NC(=O)OCc1cccc2c1Cc1ccccc1-2)C(=O)NC(CO)C(=O)O. The summed E-state index contributed by atoms with van der Waals surface area (Å²) in [7, 11) is 0. The molecule has 8 heteroatoms. The second kappa shape index (κ2) is 8.74. The zero-order valence-electron chi connectivity index (χ0n) is 15.8. The lowest BCUT2D eigenvalue weighted by molar-refractivity contribution is -0.143. The molecule has 0 saturated carbocycles. The van der Waals surface area contributed by atoms with Crippen molar-refractivity contribution >= 4 is 18.0 Å². The van der Waals surface area contributed by atoms with Gasteiger partial charge in [-0.2, -0.15) is 0 Å². The van der Waals surface area contributed by atoms with Gasteiger partial charge < -0.3 is 25.6 Å². The van der Waals surface area contributed by atoms with E-state index in [1.54, 1.807) is 0 Å². The van der Waals surface area contributed by atoms with E-state index in [9.17, 15) is 14.4 Å². The van der Waals surface area contributed by atoms with Gasteiger partial charge in [-0.3, -0.25) is 4.79 Å². The molecule has 0 aliphatic heterocycles. The molecule has 0 saturated heterocycles. The number of nitrogens with one attached hydrogen (secondary N) is 2. The summed E-state index contributed by atoms with van der Waals surface area (Å²) in [6.07, 6.45) is -0.0277. The Morgan fingerprint density at radius 1 is 1.07 bits per heavy atom. The molecule has 4 N–H and O–H groups in total. The number of hydrogen-bond donors (Lipinski definition) is 4. The van der Waals surface area contributed by atoms with Gasteiger partial charge in [0.2, 0.25) is 5.91 Å². The van der Waals surface area contributed by atoms with Gasteiger partial charge in [0.05, 0.1) is 6.61 Å². The molecule has 1 aliphatic carbocycles. The van der Waals surface area contributed by atoms with Gasteiger partial charge >= 0.3 is 12.1 Å². The van der Waals surface area contributed by atoms with Crippen molar-refractivity contribution in [2.45, 2.75) is 32.0 Å². The van der Waals surface area contributed by atoms with Crippen LogP contribution >= 0.6 is 0 Å². The number of ether oxygens (including phenoxy) is 1. The zero-order chi connectivity index (χ0) is 21.0. The first kappa shape index (κ1) is 20.3. The van der Waals surface area contributed by atoms with Gasteiger partial charge in [0.15, 0.2) is 0 Å². The number of aliphatic hydroxyl groups is 1. The van der Waals surface area contributed by atoms with E-state index in [0.29, 0.717) is 0 Å². The molecule has 2 amide bonds. The number of amides is 2. The van der Waals surface area contributed by atoms with Crippen LogP contribution in [0, 0.1) is 0 Å². The molecule has 29 heavy (non-hydrogen) atoms. The molecule has 2 atom stereocenters. The molecule has 2 unspecified atom stereocenters. The molecule has 1 aliphatic rings. The molecule has 0 fully saturated rings. The predicted octanol–water partition coefficient (Wildman–Crippen LogP) is 1.43. The molecule has 0 bridgehead atoms. The van der Waals surface area contributed by atoms with Crippen LogP contribution in [0.1, 0.15) is 23.6 Å². The smallest absolute Gasteiger partial charge is 0.408 e. The van der Waals surface area contributed by atoms with Gasteiger partial charge in [-0.25, -0.2) is 9.59 Å². The Kier molecular flexibility index (Phi) is 6.13. The highest BCUT2D eigenvalue weighted by molar-refractivity contribution is 5.89. The lowest BCUT2D eigenvalue weighted by atomic mass is 10.0. The average molecular weight is 398 g/mol. The van der Waals surface area contributed by atoms with E-state index >= 15 is 0 Å². The van der Waals surface area contributed by atoms with E-state index in [1.807, 2.05) is 30.3 Å². The van der Waals surface area contributed by atoms with E-state index in [0.717, 1.165) is 23.1 Å². The van der Waals surface area contributed by atoms with Crippen molar-refractivity contribution in [2.24, 2.45) is 0 Å². The van der Waals surface area contributed by atoms with Gasteiger partial charge in [0, 0.05) is 0 Å². The van der Waals surface area contributed by atoms with Crippen LogP contribution in [0.2, 0.25) is 0 Å². The number of carboxylic acid groups (broad SMARTS) is 1. The van der Waals surface area contributed by atoms with Gasteiger partial charge in [-0.1, -0.05) is 42.5 Å². The summed E-state index contributed by atoms with van der Waals surface area (Å²) in [5, 5.41) is 22.3. The van der Waals surface area contributed by atoms with Crippen LogP contribution in [-0.2, 0) is 27.4 Å². The number of carboxylic acids is 1. The first-order valence-corrected chi connectivity index (χ1v) is 9.17. The van der Waals surface area contributed by atoms with Gasteiger partial charge in [-0.05, 0) is 41.2 Å². The Hall–Kier alpha value is -3.39. The molecule has 152 valence electrons. The quantitative estimate of drug-likeness (QED) is 0.477. The highest BCUT2D eigenvalue weighted by Gasteiger charge is 2.24. The number of benzene rings is 2. The maximum atomic E-state index is 12.1. The second-order valence-corrected chi connectivity index (χ2v) is 6.80. The maximum absolute atomic E-state index is 12.1. The predicted molar refractivity (Wildman–Crippen MR) is 104 cm³/mol. The number of carbonyl (C=O) groups excluding carboxylic acids is 2. The fourth-order valence-electron chi connectivity index (χ4n) is 3.27. The Bertz CT molecular complexity index is 943.